The molecule has 0 aliphatic heterocycles. The number of hydrogen-bond donors (Lipinski definition) is 1. The molecular weight excluding hydrogens is 194 g/mol. The average Bonchev–Trinajstić information content (AvgIpc) is 2.18. The number of amides is 1. The van der Waals surface area contributed by atoms with Crippen LogP contribution in [0.2, 0.25) is 0 Å². The Morgan fingerprint density at radius 3 is 2.53 bits per heavy atom. The molecule has 80 valence electrons. The van der Waals surface area contributed by atoms with Crippen LogP contribution in [0.5, 0.6) is 5.75 Å². The second-order valence-electron chi connectivity index (χ2n) is 3.06. The summed E-state index contributed by atoms with van der Waals surface area (Å²) in [4.78, 5) is 22.2. The molecule has 0 saturated heterocycles. The van der Waals surface area contributed by atoms with Gasteiger partial charge < -0.3 is 10.5 Å². The van der Waals surface area contributed by atoms with Crippen molar-refractivity contribution in [3.63, 3.8) is 0 Å². The van der Waals surface area contributed by atoms with E-state index in [1.54, 1.807) is 12.1 Å². The molecule has 1 aromatic carbocycles. The molecule has 1 aromatic rings. The fourth-order valence-corrected chi connectivity index (χ4v) is 1.22. The Labute approximate surface area is 88.0 Å². The molecule has 1 rings (SSSR count). The van der Waals surface area contributed by atoms with E-state index in [1.165, 1.54) is 13.0 Å². The van der Waals surface area contributed by atoms with Gasteiger partial charge in [-0.3, -0.25) is 9.59 Å². The number of Topliss-reactive ketones (excluding diaryl/α,β-unsaturated/α-hetero) is 1. The van der Waals surface area contributed by atoms with Crippen LogP contribution in [0.25, 0.3) is 0 Å². The molecule has 0 aromatic heterocycles. The zero-order valence-corrected chi connectivity index (χ0v) is 8.74. The molecule has 0 heterocycles. The zero-order chi connectivity index (χ0) is 11.4. The third-order valence-corrected chi connectivity index (χ3v) is 1.95. The van der Waals surface area contributed by atoms with Gasteiger partial charge in [0.25, 0.3) is 5.91 Å². The SMILES string of the molecule is CCOc1ccc(C(C)=O)cc1C(N)=O. The molecule has 0 radical (unpaired) electrons. The maximum atomic E-state index is 11.1. The lowest BCUT2D eigenvalue weighted by atomic mass is 10.1. The molecule has 4 heteroatoms. The first-order chi connectivity index (χ1) is 7.06. The average molecular weight is 207 g/mol. The highest BCUT2D eigenvalue weighted by atomic mass is 16.5. The fourth-order valence-electron chi connectivity index (χ4n) is 1.22. The molecule has 4 nitrogen and oxygen atoms in total. The quantitative estimate of drug-likeness (QED) is 0.758. The summed E-state index contributed by atoms with van der Waals surface area (Å²) in [5, 5.41) is 0. The topological polar surface area (TPSA) is 69.4 Å². The van der Waals surface area contributed by atoms with E-state index < -0.39 is 5.91 Å². The summed E-state index contributed by atoms with van der Waals surface area (Å²) in [6.07, 6.45) is 0. The number of ketones is 1. The van der Waals surface area contributed by atoms with E-state index in [2.05, 4.69) is 0 Å². The maximum absolute atomic E-state index is 11.1. The first-order valence-corrected chi connectivity index (χ1v) is 4.63. The third kappa shape index (κ3) is 2.56. The number of nitrogens with two attached hydrogens (primary N) is 1. The van der Waals surface area contributed by atoms with Gasteiger partial charge in [-0.2, -0.15) is 0 Å². The van der Waals surface area contributed by atoms with E-state index in [9.17, 15) is 9.59 Å². The lowest BCUT2D eigenvalue weighted by molar-refractivity contribution is 0.0996. The van der Waals surface area contributed by atoms with E-state index in [-0.39, 0.29) is 11.3 Å². The highest BCUT2D eigenvalue weighted by Gasteiger charge is 2.11. The van der Waals surface area contributed by atoms with Gasteiger partial charge in [-0.15, -0.1) is 0 Å². The zero-order valence-electron chi connectivity index (χ0n) is 8.74. The van der Waals surface area contributed by atoms with Gasteiger partial charge in [-0.05, 0) is 32.0 Å². The molecule has 15 heavy (non-hydrogen) atoms. The molecule has 0 saturated carbocycles. The van der Waals surface area contributed by atoms with Crippen molar-refractivity contribution in [2.45, 2.75) is 13.8 Å². The maximum Gasteiger partial charge on any atom is 0.252 e. The van der Waals surface area contributed by atoms with E-state index in [1.807, 2.05) is 6.92 Å². The summed E-state index contributed by atoms with van der Waals surface area (Å²) >= 11 is 0. The molecule has 0 aliphatic rings. The van der Waals surface area contributed by atoms with Crippen LogP contribution in [-0.2, 0) is 0 Å². The fraction of sp³-hybridized carbons (Fsp3) is 0.273. The number of carbonyl (C=O) groups is 2. The number of hydrogen-bond acceptors (Lipinski definition) is 3. The van der Waals surface area contributed by atoms with Crippen LogP contribution in [0.3, 0.4) is 0 Å². The van der Waals surface area contributed by atoms with Gasteiger partial charge in [0.1, 0.15) is 5.75 Å². The normalized spacial score (nSPS) is 9.73. The molecule has 0 fully saturated rings. The van der Waals surface area contributed by atoms with Crippen molar-refractivity contribution in [2.75, 3.05) is 6.61 Å². The van der Waals surface area contributed by atoms with Gasteiger partial charge >= 0.3 is 0 Å². The summed E-state index contributed by atoms with van der Waals surface area (Å²) in [7, 11) is 0. The minimum absolute atomic E-state index is 0.111. The van der Waals surface area contributed by atoms with Gasteiger partial charge in [0.2, 0.25) is 0 Å². The second kappa shape index (κ2) is 4.59. The van der Waals surface area contributed by atoms with Gasteiger partial charge in [0, 0.05) is 5.56 Å². The Bertz CT molecular complexity index is 399. The summed E-state index contributed by atoms with van der Waals surface area (Å²) in [6, 6.07) is 4.65. The van der Waals surface area contributed by atoms with Crippen LogP contribution in [0.4, 0.5) is 0 Å². The first kappa shape index (κ1) is 11.2. The van der Waals surface area contributed by atoms with E-state index in [4.69, 9.17) is 10.5 Å². The van der Waals surface area contributed by atoms with Gasteiger partial charge in [-0.1, -0.05) is 0 Å². The monoisotopic (exact) mass is 207 g/mol. The van der Waals surface area contributed by atoms with Crippen molar-refractivity contribution in [3.05, 3.63) is 29.3 Å². The lowest BCUT2D eigenvalue weighted by Crippen LogP contribution is -2.14. The Morgan fingerprint density at radius 1 is 1.40 bits per heavy atom. The van der Waals surface area contributed by atoms with Crippen LogP contribution in [0, 0.1) is 0 Å². The standard InChI is InChI=1S/C11H13NO3/c1-3-15-10-5-4-8(7(2)13)6-9(10)11(12)14/h4-6H,3H2,1-2H3,(H2,12,14). The summed E-state index contributed by atoms with van der Waals surface area (Å²) < 4.78 is 5.22. The Balaban J connectivity index is 3.20. The van der Waals surface area contributed by atoms with Crippen molar-refractivity contribution >= 4 is 11.7 Å². The minimum Gasteiger partial charge on any atom is -0.493 e. The van der Waals surface area contributed by atoms with E-state index in [0.717, 1.165) is 0 Å². The summed E-state index contributed by atoms with van der Waals surface area (Å²) in [5.74, 6) is -0.294. The number of ether oxygens (including phenoxy) is 1. The third-order valence-electron chi connectivity index (χ3n) is 1.95. The summed E-state index contributed by atoms with van der Waals surface area (Å²) in [6.45, 7) is 3.68. The van der Waals surface area contributed by atoms with Crippen LogP contribution in [-0.4, -0.2) is 18.3 Å². The first-order valence-electron chi connectivity index (χ1n) is 4.63. The summed E-state index contributed by atoms with van der Waals surface area (Å²) in [5.41, 5.74) is 5.88. The Morgan fingerprint density at radius 2 is 2.07 bits per heavy atom. The van der Waals surface area contributed by atoms with E-state index in [0.29, 0.717) is 17.9 Å². The minimum atomic E-state index is -0.596. The highest BCUT2D eigenvalue weighted by Crippen LogP contribution is 2.20. The van der Waals surface area contributed by atoms with Crippen LogP contribution in [0.1, 0.15) is 34.6 Å². The molecule has 0 spiro atoms. The largest absolute Gasteiger partial charge is 0.493 e. The van der Waals surface area contributed by atoms with Crippen molar-refractivity contribution in [2.24, 2.45) is 5.73 Å². The van der Waals surface area contributed by atoms with Crippen molar-refractivity contribution in [3.8, 4) is 5.75 Å². The van der Waals surface area contributed by atoms with E-state index >= 15 is 0 Å². The van der Waals surface area contributed by atoms with Crippen molar-refractivity contribution in [1.29, 1.82) is 0 Å². The lowest BCUT2D eigenvalue weighted by Gasteiger charge is -2.08. The molecular formula is C11H13NO3. The highest BCUT2D eigenvalue weighted by molar-refractivity contribution is 6.00. The number of primary amides is 1. The van der Waals surface area contributed by atoms with Crippen LogP contribution in [0.15, 0.2) is 18.2 Å². The Kier molecular flexibility index (Phi) is 3.44. The molecule has 0 aliphatic carbocycles. The smallest absolute Gasteiger partial charge is 0.252 e. The predicted molar refractivity (Wildman–Crippen MR) is 56.1 cm³/mol. The van der Waals surface area contributed by atoms with Crippen molar-refractivity contribution < 1.29 is 14.3 Å². The molecule has 0 unspecified atom stereocenters. The van der Waals surface area contributed by atoms with Gasteiger partial charge in [-0.25, -0.2) is 0 Å². The van der Waals surface area contributed by atoms with Crippen LogP contribution < -0.4 is 10.5 Å². The second-order valence-corrected chi connectivity index (χ2v) is 3.06. The number of benzene rings is 1. The number of carbonyl (C=O) groups excluding carboxylic acids is 2. The molecule has 1 amide bonds. The molecule has 0 atom stereocenters. The molecule has 0 bridgehead atoms. The van der Waals surface area contributed by atoms with Gasteiger partial charge in [0.15, 0.2) is 5.78 Å². The number of rotatable bonds is 4. The van der Waals surface area contributed by atoms with Gasteiger partial charge in [0.05, 0.1) is 12.2 Å². The Hall–Kier alpha value is -1.84. The van der Waals surface area contributed by atoms with Crippen molar-refractivity contribution in [1.82, 2.24) is 0 Å². The molecule has 2 N–H and O–H groups in total. The predicted octanol–water partition coefficient (Wildman–Crippen LogP) is 1.39. The van der Waals surface area contributed by atoms with Crippen LogP contribution >= 0.6 is 0 Å².